The fourth-order valence-electron chi connectivity index (χ4n) is 1.90. The van der Waals surface area contributed by atoms with Crippen LogP contribution in [0.1, 0.15) is 5.69 Å². The molecule has 2 rings (SSSR count). The summed E-state index contributed by atoms with van der Waals surface area (Å²) in [6.07, 6.45) is 2.41. The van der Waals surface area contributed by atoms with Crippen LogP contribution < -0.4 is 14.9 Å². The highest BCUT2D eigenvalue weighted by molar-refractivity contribution is 6.59. The first kappa shape index (κ1) is 14.4. The molecule has 2 aromatic rings. The molecule has 1 aromatic carbocycles. The van der Waals surface area contributed by atoms with Crippen molar-refractivity contribution in [3.05, 3.63) is 36.2 Å². The molecule has 0 aliphatic heterocycles. The first-order valence-corrected chi connectivity index (χ1v) is 6.25. The van der Waals surface area contributed by atoms with Crippen LogP contribution in [0.4, 0.5) is 0 Å². The third-order valence-corrected chi connectivity index (χ3v) is 3.03. The highest BCUT2D eigenvalue weighted by Crippen LogP contribution is 2.16. The molecule has 0 spiro atoms. The van der Waals surface area contributed by atoms with E-state index in [1.165, 1.54) is 7.11 Å². The lowest BCUT2D eigenvalue weighted by Crippen LogP contribution is -2.31. The van der Waals surface area contributed by atoms with Crippen LogP contribution in [0.15, 0.2) is 30.5 Å². The molecule has 0 aliphatic carbocycles. The van der Waals surface area contributed by atoms with Crippen LogP contribution in [-0.4, -0.2) is 40.7 Å². The Morgan fingerprint density at radius 3 is 2.70 bits per heavy atom. The highest BCUT2D eigenvalue weighted by atomic mass is 16.5. The average Bonchev–Trinajstić information content (AvgIpc) is 2.84. The Kier molecular flexibility index (Phi) is 4.65. The van der Waals surface area contributed by atoms with Crippen molar-refractivity contribution in [1.82, 2.24) is 9.78 Å². The fourth-order valence-corrected chi connectivity index (χ4v) is 1.90. The zero-order valence-electron chi connectivity index (χ0n) is 11.5. The van der Waals surface area contributed by atoms with E-state index in [4.69, 9.17) is 9.47 Å². The van der Waals surface area contributed by atoms with Gasteiger partial charge in [0, 0.05) is 30.8 Å². The summed E-state index contributed by atoms with van der Waals surface area (Å²) in [6, 6.07) is 6.84. The second-order valence-corrected chi connectivity index (χ2v) is 4.32. The molecule has 6 nitrogen and oxygen atoms in total. The molecule has 0 unspecified atom stereocenters. The Labute approximate surface area is 117 Å². The van der Waals surface area contributed by atoms with Gasteiger partial charge in [0.15, 0.2) is 0 Å². The summed E-state index contributed by atoms with van der Waals surface area (Å²) in [6.45, 7) is 0.422. The van der Waals surface area contributed by atoms with Crippen LogP contribution in [-0.2, 0) is 13.5 Å². The maximum atomic E-state index is 9.36. The third kappa shape index (κ3) is 3.31. The minimum absolute atomic E-state index is 0.286. The maximum absolute atomic E-state index is 9.36. The number of aryl methyl sites for hydroxylation is 1. The third-order valence-electron chi connectivity index (χ3n) is 3.03. The van der Waals surface area contributed by atoms with E-state index in [0.717, 1.165) is 5.69 Å². The van der Waals surface area contributed by atoms with Crippen LogP contribution in [0.25, 0.3) is 0 Å². The van der Waals surface area contributed by atoms with E-state index in [1.54, 1.807) is 29.1 Å². The smallest absolute Gasteiger partial charge is 0.492 e. The molecule has 7 heteroatoms. The number of hydrogen-bond acceptors (Lipinski definition) is 5. The zero-order chi connectivity index (χ0) is 14.5. The molecule has 0 bridgehead atoms. The normalized spacial score (nSPS) is 10.4. The summed E-state index contributed by atoms with van der Waals surface area (Å²) in [5, 5.41) is 22.8. The van der Waals surface area contributed by atoms with E-state index in [-0.39, 0.29) is 5.46 Å². The van der Waals surface area contributed by atoms with Crippen molar-refractivity contribution in [2.24, 2.45) is 7.05 Å². The molecular formula is C13H17BN2O4. The van der Waals surface area contributed by atoms with Gasteiger partial charge in [0.05, 0.1) is 13.7 Å². The van der Waals surface area contributed by atoms with Gasteiger partial charge in [0.1, 0.15) is 11.5 Å². The van der Waals surface area contributed by atoms with Crippen molar-refractivity contribution in [3.8, 4) is 11.5 Å². The van der Waals surface area contributed by atoms with Crippen molar-refractivity contribution in [2.75, 3.05) is 13.7 Å². The Morgan fingerprint density at radius 1 is 1.30 bits per heavy atom. The monoisotopic (exact) mass is 276 g/mol. The quantitative estimate of drug-likeness (QED) is 0.710. The van der Waals surface area contributed by atoms with Gasteiger partial charge in [0.25, 0.3) is 0 Å². The Hall–Kier alpha value is -1.99. The van der Waals surface area contributed by atoms with Crippen LogP contribution in [0, 0.1) is 0 Å². The molecular weight excluding hydrogens is 259 g/mol. The van der Waals surface area contributed by atoms with Gasteiger partial charge in [-0.3, -0.25) is 4.68 Å². The van der Waals surface area contributed by atoms with Crippen LogP contribution in [0.2, 0.25) is 0 Å². The summed E-state index contributed by atoms with van der Waals surface area (Å²) < 4.78 is 12.4. The fraction of sp³-hybridized carbons (Fsp3) is 0.308. The lowest BCUT2D eigenvalue weighted by Gasteiger charge is -2.12. The molecule has 0 saturated carbocycles. The first-order valence-electron chi connectivity index (χ1n) is 6.25. The summed E-state index contributed by atoms with van der Waals surface area (Å²) in [5.41, 5.74) is 1.33. The Bertz CT molecular complexity index is 571. The molecule has 20 heavy (non-hydrogen) atoms. The minimum Gasteiger partial charge on any atom is -0.497 e. The van der Waals surface area contributed by atoms with E-state index in [1.807, 2.05) is 13.1 Å². The van der Waals surface area contributed by atoms with Gasteiger partial charge < -0.3 is 19.5 Å². The van der Waals surface area contributed by atoms with E-state index < -0.39 is 7.12 Å². The number of aromatic nitrogens is 2. The molecule has 1 heterocycles. The van der Waals surface area contributed by atoms with E-state index in [2.05, 4.69) is 5.10 Å². The van der Waals surface area contributed by atoms with Crippen molar-refractivity contribution in [1.29, 1.82) is 0 Å². The zero-order valence-corrected chi connectivity index (χ0v) is 11.5. The number of benzene rings is 1. The lowest BCUT2D eigenvalue weighted by atomic mass is 9.79. The van der Waals surface area contributed by atoms with Gasteiger partial charge >= 0.3 is 7.12 Å². The number of ether oxygens (including phenoxy) is 2. The van der Waals surface area contributed by atoms with Gasteiger partial charge in [0.2, 0.25) is 0 Å². The van der Waals surface area contributed by atoms with Gasteiger partial charge in [-0.25, -0.2) is 0 Å². The topological polar surface area (TPSA) is 76.7 Å². The molecule has 0 fully saturated rings. The number of hydrogen-bond donors (Lipinski definition) is 2. The number of methoxy groups -OCH3 is 1. The van der Waals surface area contributed by atoms with Crippen molar-refractivity contribution < 1.29 is 19.5 Å². The average molecular weight is 276 g/mol. The van der Waals surface area contributed by atoms with Crippen LogP contribution in [0.3, 0.4) is 0 Å². The van der Waals surface area contributed by atoms with Gasteiger partial charge in [-0.15, -0.1) is 0 Å². The summed E-state index contributed by atoms with van der Waals surface area (Å²) in [4.78, 5) is 0. The second-order valence-electron chi connectivity index (χ2n) is 4.32. The summed E-state index contributed by atoms with van der Waals surface area (Å²) >= 11 is 0. The number of rotatable bonds is 6. The molecule has 0 atom stereocenters. The molecule has 0 aliphatic rings. The van der Waals surface area contributed by atoms with Crippen molar-refractivity contribution in [3.63, 3.8) is 0 Å². The predicted molar refractivity (Wildman–Crippen MR) is 75.2 cm³/mol. The molecule has 1 aromatic heterocycles. The largest absolute Gasteiger partial charge is 0.497 e. The summed E-state index contributed by atoms with van der Waals surface area (Å²) in [5.74, 6) is 0.982. The predicted octanol–water partition coefficient (Wildman–Crippen LogP) is -0.270. The van der Waals surface area contributed by atoms with Crippen molar-refractivity contribution >= 4 is 12.6 Å². The molecule has 0 saturated heterocycles. The SMILES string of the molecule is COc1ccc(OCCc2ccnn2C)c(B(O)O)c1. The Balaban J connectivity index is 2.03. The van der Waals surface area contributed by atoms with Crippen LogP contribution >= 0.6 is 0 Å². The van der Waals surface area contributed by atoms with Gasteiger partial charge in [-0.1, -0.05) is 0 Å². The van der Waals surface area contributed by atoms with E-state index in [0.29, 0.717) is 24.5 Å². The second kappa shape index (κ2) is 6.45. The lowest BCUT2D eigenvalue weighted by molar-refractivity contribution is 0.318. The van der Waals surface area contributed by atoms with E-state index >= 15 is 0 Å². The minimum atomic E-state index is -1.60. The molecule has 106 valence electrons. The van der Waals surface area contributed by atoms with Gasteiger partial charge in [-0.05, 0) is 24.3 Å². The molecule has 0 amide bonds. The first-order chi connectivity index (χ1) is 9.61. The van der Waals surface area contributed by atoms with E-state index in [9.17, 15) is 10.0 Å². The molecule has 2 N–H and O–H groups in total. The standard InChI is InChI=1S/C13H17BN2O4/c1-16-10(5-7-15-16)6-8-20-13-4-3-11(19-2)9-12(13)14(17)18/h3-5,7,9,17-18H,6,8H2,1-2H3. The summed E-state index contributed by atoms with van der Waals surface area (Å²) in [7, 11) is 1.79. The van der Waals surface area contributed by atoms with Gasteiger partial charge in [-0.2, -0.15) is 5.10 Å². The van der Waals surface area contributed by atoms with Crippen molar-refractivity contribution in [2.45, 2.75) is 6.42 Å². The Morgan fingerprint density at radius 2 is 2.10 bits per heavy atom. The maximum Gasteiger partial charge on any atom is 0.492 e. The van der Waals surface area contributed by atoms with Crippen LogP contribution in [0.5, 0.6) is 11.5 Å². The molecule has 0 radical (unpaired) electrons. The number of nitrogens with zero attached hydrogens (tertiary/aromatic N) is 2. The highest BCUT2D eigenvalue weighted by Gasteiger charge is 2.18.